The third-order valence-electron chi connectivity index (χ3n) is 4.54. The van der Waals surface area contributed by atoms with Gasteiger partial charge in [-0.15, -0.1) is 0 Å². The van der Waals surface area contributed by atoms with Crippen LogP contribution in [0.15, 0.2) is 27.1 Å². The largest absolute Gasteiger partial charge is 0.438 e. The van der Waals surface area contributed by atoms with Gasteiger partial charge in [-0.05, 0) is 53.2 Å². The van der Waals surface area contributed by atoms with Crippen LogP contribution in [0, 0.1) is 5.92 Å². The van der Waals surface area contributed by atoms with Gasteiger partial charge in [0.1, 0.15) is 5.52 Å². The molecule has 3 unspecified atom stereocenters. The molecule has 2 aromatic rings. The zero-order valence-corrected chi connectivity index (χ0v) is 12.3. The number of nitrogens with one attached hydrogen (secondary N) is 1. The molecule has 1 aliphatic heterocycles. The molecule has 1 aromatic heterocycles. The monoisotopic (exact) mass is 320 g/mol. The Hall–Kier alpha value is -0.870. The fraction of sp³-hybridized carbons (Fsp3) is 0.533. The second kappa shape index (κ2) is 4.60. The first-order chi connectivity index (χ1) is 9.31. The Kier molecular flexibility index (Phi) is 2.88. The first-order valence-corrected chi connectivity index (χ1v) is 7.91. The van der Waals surface area contributed by atoms with Gasteiger partial charge < -0.3 is 9.73 Å². The first-order valence-electron chi connectivity index (χ1n) is 7.12. The minimum absolute atomic E-state index is 0.299. The number of oxazole rings is 1. The van der Waals surface area contributed by atoms with Crippen LogP contribution in [0.3, 0.4) is 0 Å². The van der Waals surface area contributed by atoms with E-state index in [0.717, 1.165) is 27.4 Å². The lowest BCUT2D eigenvalue weighted by molar-refractivity contribution is 0.325. The number of rotatable bonds is 1. The summed E-state index contributed by atoms with van der Waals surface area (Å²) in [6.45, 7) is 0. The predicted molar refractivity (Wildman–Crippen MR) is 77.9 cm³/mol. The van der Waals surface area contributed by atoms with E-state index in [9.17, 15) is 0 Å². The fourth-order valence-electron chi connectivity index (χ4n) is 3.59. The van der Waals surface area contributed by atoms with Crippen LogP contribution in [0.5, 0.6) is 0 Å². The number of hydrogen-bond donors (Lipinski definition) is 1. The van der Waals surface area contributed by atoms with E-state index in [-0.39, 0.29) is 0 Å². The third-order valence-corrected chi connectivity index (χ3v) is 5.17. The average molecular weight is 321 g/mol. The van der Waals surface area contributed by atoms with Crippen molar-refractivity contribution < 1.29 is 4.42 Å². The summed E-state index contributed by atoms with van der Waals surface area (Å²) in [5.41, 5.74) is 1.82. The number of aromatic nitrogens is 1. The molecule has 3 atom stereocenters. The first kappa shape index (κ1) is 11.9. The van der Waals surface area contributed by atoms with E-state index in [0.29, 0.717) is 12.1 Å². The molecule has 1 aliphatic carbocycles. The molecule has 1 N–H and O–H groups in total. The SMILES string of the molecule is Brc1cccc2nc(C3CC4CCCCC4N3)oc12. The van der Waals surface area contributed by atoms with Crippen LogP contribution in [0.2, 0.25) is 0 Å². The number of benzene rings is 1. The molecule has 0 spiro atoms. The molecule has 0 amide bonds. The normalized spacial score (nSPS) is 30.7. The summed E-state index contributed by atoms with van der Waals surface area (Å²) in [6.07, 6.45) is 6.59. The molecule has 100 valence electrons. The van der Waals surface area contributed by atoms with E-state index in [1.165, 1.54) is 32.1 Å². The van der Waals surface area contributed by atoms with Crippen molar-refractivity contribution in [1.82, 2.24) is 10.3 Å². The average Bonchev–Trinajstić information content (AvgIpc) is 3.02. The summed E-state index contributed by atoms with van der Waals surface area (Å²) < 4.78 is 6.95. The molecule has 1 aromatic carbocycles. The Bertz CT molecular complexity index is 595. The van der Waals surface area contributed by atoms with E-state index in [1.54, 1.807) is 0 Å². The van der Waals surface area contributed by atoms with Gasteiger partial charge in [0, 0.05) is 6.04 Å². The number of fused-ring (bicyclic) bond motifs is 2. The molecule has 4 rings (SSSR count). The van der Waals surface area contributed by atoms with Crippen molar-refractivity contribution in [2.75, 3.05) is 0 Å². The fourth-order valence-corrected chi connectivity index (χ4v) is 4.03. The Labute approximate surface area is 120 Å². The van der Waals surface area contributed by atoms with Gasteiger partial charge in [-0.1, -0.05) is 18.9 Å². The lowest BCUT2D eigenvalue weighted by Crippen LogP contribution is -2.30. The molecule has 4 heteroatoms. The van der Waals surface area contributed by atoms with Gasteiger partial charge >= 0.3 is 0 Å². The van der Waals surface area contributed by atoms with Crippen LogP contribution < -0.4 is 5.32 Å². The Morgan fingerprint density at radius 2 is 2.16 bits per heavy atom. The van der Waals surface area contributed by atoms with Gasteiger partial charge in [0.2, 0.25) is 5.89 Å². The molecule has 2 aliphatic rings. The lowest BCUT2D eigenvalue weighted by Gasteiger charge is -2.24. The minimum Gasteiger partial charge on any atom is -0.438 e. The van der Waals surface area contributed by atoms with Gasteiger partial charge in [0.25, 0.3) is 0 Å². The highest BCUT2D eigenvalue weighted by atomic mass is 79.9. The van der Waals surface area contributed by atoms with Crippen molar-refractivity contribution in [3.8, 4) is 0 Å². The van der Waals surface area contributed by atoms with E-state index in [2.05, 4.69) is 26.2 Å². The molecule has 0 bridgehead atoms. The van der Waals surface area contributed by atoms with Crippen LogP contribution in [0.25, 0.3) is 11.1 Å². The maximum atomic E-state index is 5.97. The molecular weight excluding hydrogens is 304 g/mol. The van der Waals surface area contributed by atoms with Crippen molar-refractivity contribution in [3.63, 3.8) is 0 Å². The molecule has 1 saturated heterocycles. The summed E-state index contributed by atoms with van der Waals surface area (Å²) in [7, 11) is 0. The van der Waals surface area contributed by atoms with Crippen molar-refractivity contribution >= 4 is 27.0 Å². The molecule has 2 heterocycles. The summed E-state index contributed by atoms with van der Waals surface area (Å²) in [4.78, 5) is 4.65. The maximum Gasteiger partial charge on any atom is 0.212 e. The van der Waals surface area contributed by atoms with Crippen molar-refractivity contribution in [2.45, 2.75) is 44.2 Å². The van der Waals surface area contributed by atoms with E-state index in [1.807, 2.05) is 18.2 Å². The lowest BCUT2D eigenvalue weighted by atomic mass is 9.85. The van der Waals surface area contributed by atoms with Crippen LogP contribution in [-0.4, -0.2) is 11.0 Å². The topological polar surface area (TPSA) is 38.1 Å². The molecule has 2 fully saturated rings. The molecule has 19 heavy (non-hydrogen) atoms. The Morgan fingerprint density at radius 1 is 1.26 bits per heavy atom. The van der Waals surface area contributed by atoms with Gasteiger partial charge in [0.15, 0.2) is 5.58 Å². The molecule has 3 nitrogen and oxygen atoms in total. The Balaban J connectivity index is 1.66. The number of halogens is 1. The van der Waals surface area contributed by atoms with Crippen LogP contribution in [-0.2, 0) is 0 Å². The number of para-hydroxylation sites is 1. The zero-order valence-electron chi connectivity index (χ0n) is 10.7. The van der Waals surface area contributed by atoms with Gasteiger partial charge in [-0.3, -0.25) is 0 Å². The van der Waals surface area contributed by atoms with Gasteiger partial charge in [-0.25, -0.2) is 4.98 Å². The standard InChI is InChI=1S/C15H17BrN2O/c16-10-5-3-7-12-14(10)19-15(18-12)13-8-9-4-1-2-6-11(9)17-13/h3,5,7,9,11,13,17H,1-2,4,6,8H2. The highest BCUT2D eigenvalue weighted by molar-refractivity contribution is 9.10. The Morgan fingerprint density at radius 3 is 3.00 bits per heavy atom. The number of nitrogens with zero attached hydrogens (tertiary/aromatic N) is 1. The second-order valence-corrected chi connectivity index (χ2v) is 6.60. The summed E-state index contributed by atoms with van der Waals surface area (Å²) in [5, 5.41) is 3.72. The smallest absolute Gasteiger partial charge is 0.212 e. The van der Waals surface area contributed by atoms with Crippen LogP contribution in [0.1, 0.15) is 44.0 Å². The highest BCUT2D eigenvalue weighted by Gasteiger charge is 2.37. The molecule has 0 radical (unpaired) electrons. The van der Waals surface area contributed by atoms with E-state index >= 15 is 0 Å². The van der Waals surface area contributed by atoms with Crippen molar-refractivity contribution in [2.24, 2.45) is 5.92 Å². The number of hydrogen-bond acceptors (Lipinski definition) is 3. The molecule has 1 saturated carbocycles. The summed E-state index contributed by atoms with van der Waals surface area (Å²) >= 11 is 3.53. The zero-order chi connectivity index (χ0) is 12.8. The minimum atomic E-state index is 0.299. The van der Waals surface area contributed by atoms with E-state index < -0.39 is 0 Å². The second-order valence-electron chi connectivity index (χ2n) is 5.75. The van der Waals surface area contributed by atoms with Crippen LogP contribution in [0.4, 0.5) is 0 Å². The summed E-state index contributed by atoms with van der Waals surface area (Å²) in [5.74, 6) is 1.67. The van der Waals surface area contributed by atoms with Gasteiger partial charge in [-0.2, -0.15) is 0 Å². The summed E-state index contributed by atoms with van der Waals surface area (Å²) in [6, 6.07) is 6.99. The third kappa shape index (κ3) is 2.01. The van der Waals surface area contributed by atoms with Crippen LogP contribution >= 0.6 is 15.9 Å². The van der Waals surface area contributed by atoms with E-state index in [4.69, 9.17) is 4.42 Å². The maximum absolute atomic E-state index is 5.97. The van der Waals surface area contributed by atoms with Crippen molar-refractivity contribution in [3.05, 3.63) is 28.6 Å². The predicted octanol–water partition coefficient (Wildman–Crippen LogP) is 4.18. The quantitative estimate of drug-likeness (QED) is 0.856. The van der Waals surface area contributed by atoms with Crippen molar-refractivity contribution in [1.29, 1.82) is 0 Å². The highest BCUT2D eigenvalue weighted by Crippen LogP contribution is 2.39. The molecular formula is C15H17BrN2O. The van der Waals surface area contributed by atoms with Gasteiger partial charge in [0.05, 0.1) is 10.5 Å².